The van der Waals surface area contributed by atoms with Crippen molar-refractivity contribution in [1.29, 1.82) is 0 Å². The zero-order valence-corrected chi connectivity index (χ0v) is 18.3. The van der Waals surface area contributed by atoms with E-state index in [-0.39, 0.29) is 18.0 Å². The highest BCUT2D eigenvalue weighted by atomic mass is 35.5. The van der Waals surface area contributed by atoms with Crippen LogP contribution in [0.2, 0.25) is 5.02 Å². The largest absolute Gasteiger partial charge is 0.393 e. The number of nitrogens with zero attached hydrogens (tertiary/aromatic N) is 2. The van der Waals surface area contributed by atoms with E-state index in [0.717, 1.165) is 17.7 Å². The van der Waals surface area contributed by atoms with Gasteiger partial charge in [0.2, 0.25) is 0 Å². The van der Waals surface area contributed by atoms with Crippen LogP contribution in [0.3, 0.4) is 0 Å². The second-order valence-electron chi connectivity index (χ2n) is 7.62. The first kappa shape index (κ1) is 22.4. The van der Waals surface area contributed by atoms with E-state index in [2.05, 4.69) is 22.5 Å². The van der Waals surface area contributed by atoms with E-state index in [4.69, 9.17) is 11.6 Å². The molecule has 2 aromatic rings. The zero-order chi connectivity index (χ0) is 21.5. The first-order chi connectivity index (χ1) is 14.5. The fourth-order valence-electron chi connectivity index (χ4n) is 3.54. The quantitative estimate of drug-likeness (QED) is 0.471. The average Bonchev–Trinajstić information content (AvgIpc) is 2.73. The number of hydrogen-bond acceptors (Lipinski definition) is 3. The van der Waals surface area contributed by atoms with Crippen LogP contribution in [-0.4, -0.2) is 36.8 Å². The van der Waals surface area contributed by atoms with Crippen molar-refractivity contribution in [2.45, 2.75) is 45.4 Å². The summed E-state index contributed by atoms with van der Waals surface area (Å²) in [6.07, 6.45) is 1.08. The molecule has 1 atom stereocenters. The van der Waals surface area contributed by atoms with Crippen molar-refractivity contribution in [1.82, 2.24) is 10.6 Å². The highest BCUT2D eigenvalue weighted by Gasteiger charge is 2.19. The van der Waals surface area contributed by atoms with Crippen molar-refractivity contribution in [2.24, 2.45) is 4.99 Å². The topological polar surface area (TPSA) is 59.9 Å². The molecule has 0 saturated carbocycles. The predicted molar refractivity (Wildman–Crippen MR) is 122 cm³/mol. The van der Waals surface area contributed by atoms with Gasteiger partial charge in [-0.1, -0.05) is 29.8 Å². The van der Waals surface area contributed by atoms with E-state index in [9.17, 15) is 9.50 Å². The van der Waals surface area contributed by atoms with E-state index < -0.39 is 0 Å². The third kappa shape index (κ3) is 6.09. The second kappa shape index (κ2) is 10.6. The van der Waals surface area contributed by atoms with Crippen molar-refractivity contribution < 1.29 is 9.50 Å². The summed E-state index contributed by atoms with van der Waals surface area (Å²) in [4.78, 5) is 6.61. The van der Waals surface area contributed by atoms with Gasteiger partial charge in [-0.15, -0.1) is 0 Å². The van der Waals surface area contributed by atoms with Gasteiger partial charge in [-0.3, -0.25) is 0 Å². The van der Waals surface area contributed by atoms with Crippen molar-refractivity contribution in [3.05, 3.63) is 64.4 Å². The Labute approximate surface area is 183 Å². The van der Waals surface area contributed by atoms with Gasteiger partial charge in [0.25, 0.3) is 0 Å². The van der Waals surface area contributed by atoms with E-state index >= 15 is 0 Å². The Morgan fingerprint density at radius 2 is 1.93 bits per heavy atom. The molecule has 30 heavy (non-hydrogen) atoms. The van der Waals surface area contributed by atoms with Crippen LogP contribution in [0.25, 0.3) is 0 Å². The van der Waals surface area contributed by atoms with E-state index in [1.807, 2.05) is 48.2 Å². The molecule has 5 nitrogen and oxygen atoms in total. The molecule has 1 heterocycles. The van der Waals surface area contributed by atoms with Gasteiger partial charge in [-0.2, -0.15) is 0 Å². The van der Waals surface area contributed by atoms with Crippen molar-refractivity contribution in [3.8, 4) is 0 Å². The van der Waals surface area contributed by atoms with Crippen LogP contribution < -0.4 is 15.5 Å². The van der Waals surface area contributed by atoms with E-state index in [1.54, 1.807) is 6.07 Å². The second-order valence-corrected chi connectivity index (χ2v) is 8.05. The van der Waals surface area contributed by atoms with Gasteiger partial charge in [0.05, 0.1) is 24.4 Å². The minimum absolute atomic E-state index is 0.0497. The zero-order valence-electron chi connectivity index (χ0n) is 17.5. The Bertz CT molecular complexity index is 851. The van der Waals surface area contributed by atoms with Gasteiger partial charge in [-0.25, -0.2) is 9.38 Å². The number of piperidine rings is 1. The summed E-state index contributed by atoms with van der Waals surface area (Å²) < 4.78 is 14.7. The number of rotatable bonds is 6. The van der Waals surface area contributed by atoms with Gasteiger partial charge in [0.1, 0.15) is 5.82 Å². The highest BCUT2D eigenvalue weighted by molar-refractivity contribution is 6.30. The maximum atomic E-state index is 14.7. The summed E-state index contributed by atoms with van der Waals surface area (Å²) in [7, 11) is 0. The number of anilines is 1. The van der Waals surface area contributed by atoms with Crippen LogP contribution in [0, 0.1) is 5.82 Å². The summed E-state index contributed by atoms with van der Waals surface area (Å²) in [6.45, 7) is 6.51. The number of hydrogen-bond donors (Lipinski definition) is 3. The van der Waals surface area contributed by atoms with Crippen molar-refractivity contribution in [2.75, 3.05) is 24.5 Å². The van der Waals surface area contributed by atoms with Gasteiger partial charge in [0, 0.05) is 24.7 Å². The monoisotopic (exact) mass is 432 g/mol. The number of aliphatic hydroxyl groups excluding tert-OH is 1. The van der Waals surface area contributed by atoms with Gasteiger partial charge >= 0.3 is 0 Å². The molecule has 1 aliphatic heterocycles. The lowest BCUT2D eigenvalue weighted by Crippen LogP contribution is -2.38. The number of nitrogens with one attached hydrogen (secondary N) is 2. The molecule has 2 aromatic carbocycles. The van der Waals surface area contributed by atoms with Gasteiger partial charge in [-0.05, 0) is 62.1 Å². The molecule has 3 N–H and O–H groups in total. The highest BCUT2D eigenvalue weighted by Crippen LogP contribution is 2.24. The first-order valence-corrected chi connectivity index (χ1v) is 10.9. The lowest BCUT2D eigenvalue weighted by molar-refractivity contribution is 0.145. The van der Waals surface area contributed by atoms with Gasteiger partial charge < -0.3 is 20.6 Å². The molecule has 7 heteroatoms. The van der Waals surface area contributed by atoms with Crippen LogP contribution in [0.15, 0.2) is 47.5 Å². The number of aliphatic imine (C=N–C) groups is 1. The number of benzene rings is 2. The summed E-state index contributed by atoms with van der Waals surface area (Å²) in [5.74, 6) is 0.432. The normalized spacial score (nSPS) is 16.4. The number of halogens is 2. The lowest BCUT2D eigenvalue weighted by Gasteiger charge is -2.31. The maximum Gasteiger partial charge on any atom is 0.192 e. The minimum atomic E-state index is -0.273. The molecule has 3 rings (SSSR count). The summed E-state index contributed by atoms with van der Waals surface area (Å²) >= 11 is 5.97. The van der Waals surface area contributed by atoms with Crippen LogP contribution in [0.4, 0.5) is 10.1 Å². The molecule has 1 saturated heterocycles. The maximum absolute atomic E-state index is 14.7. The summed E-state index contributed by atoms with van der Waals surface area (Å²) in [5.41, 5.74) is 2.51. The minimum Gasteiger partial charge on any atom is -0.393 e. The molecule has 0 radical (unpaired) electrons. The molecule has 0 aliphatic carbocycles. The fourth-order valence-corrected chi connectivity index (χ4v) is 3.67. The standard InChI is InChI=1S/C23H30ClFN4O/c1-3-26-23(28-16(2)18-5-7-19(24)8-6-18)27-15-17-4-9-22(21(25)14-17)29-12-10-20(30)11-13-29/h4-9,14,16,20,30H,3,10-13,15H2,1-2H3,(H2,26,27,28). The number of guanidine groups is 1. The molecule has 1 fully saturated rings. The van der Waals surface area contributed by atoms with Crippen LogP contribution in [-0.2, 0) is 6.54 Å². The lowest BCUT2D eigenvalue weighted by atomic mass is 10.1. The molecule has 1 aliphatic rings. The van der Waals surface area contributed by atoms with E-state index in [1.165, 1.54) is 0 Å². The third-order valence-corrected chi connectivity index (χ3v) is 5.56. The molecule has 0 spiro atoms. The molecule has 1 unspecified atom stereocenters. The van der Waals surface area contributed by atoms with Crippen LogP contribution >= 0.6 is 11.6 Å². The average molecular weight is 433 g/mol. The molecule has 0 aromatic heterocycles. The molecular weight excluding hydrogens is 403 g/mol. The van der Waals surface area contributed by atoms with Gasteiger partial charge in [0.15, 0.2) is 5.96 Å². The predicted octanol–water partition coefficient (Wildman–Crippen LogP) is 4.26. The van der Waals surface area contributed by atoms with Crippen LogP contribution in [0.5, 0.6) is 0 Å². The number of aliphatic hydroxyl groups is 1. The molecule has 0 amide bonds. The smallest absolute Gasteiger partial charge is 0.192 e. The Kier molecular flexibility index (Phi) is 7.94. The molecule has 162 valence electrons. The Morgan fingerprint density at radius 3 is 2.57 bits per heavy atom. The van der Waals surface area contributed by atoms with Crippen LogP contribution in [0.1, 0.15) is 43.9 Å². The molecule has 0 bridgehead atoms. The Morgan fingerprint density at radius 1 is 1.23 bits per heavy atom. The summed E-state index contributed by atoms with van der Waals surface area (Å²) in [6, 6.07) is 13.0. The van der Waals surface area contributed by atoms with Crippen molar-refractivity contribution in [3.63, 3.8) is 0 Å². The Hall–Kier alpha value is -2.31. The third-order valence-electron chi connectivity index (χ3n) is 5.30. The van der Waals surface area contributed by atoms with E-state index in [0.29, 0.717) is 49.1 Å². The Balaban J connectivity index is 1.65. The summed E-state index contributed by atoms with van der Waals surface area (Å²) in [5, 5.41) is 17.0. The molecular formula is C23H30ClFN4O. The SMILES string of the molecule is CCNC(=NCc1ccc(N2CCC(O)CC2)c(F)c1)NC(C)c1ccc(Cl)cc1. The van der Waals surface area contributed by atoms with Crippen molar-refractivity contribution >= 4 is 23.2 Å². The fraction of sp³-hybridized carbons (Fsp3) is 0.435. The first-order valence-electron chi connectivity index (χ1n) is 10.5.